The van der Waals surface area contributed by atoms with Crippen molar-refractivity contribution in [2.24, 2.45) is 0 Å². The molecule has 1 fully saturated rings. The number of carbonyl (C=O) groups is 2. The molecule has 2 aliphatic rings. The lowest BCUT2D eigenvalue weighted by atomic mass is 9.86. The van der Waals surface area contributed by atoms with E-state index in [4.69, 9.17) is 21.1 Å². The van der Waals surface area contributed by atoms with Crippen molar-refractivity contribution in [1.82, 2.24) is 0 Å². The SMILES string of the molecule is Cc1ccc(CC(=O)C2(c3ccc4c(c3)OCO4)CC2)cc1-c1cc(C(=O)O)ccc1Cl.[HH]. The topological polar surface area (TPSA) is 72.8 Å². The molecule has 0 amide bonds. The number of hydrogen-bond donors (Lipinski definition) is 1. The second kappa shape index (κ2) is 7.68. The predicted octanol–water partition coefficient (Wildman–Crippen LogP) is 5.83. The molecule has 0 unspecified atom stereocenters. The lowest BCUT2D eigenvalue weighted by Gasteiger charge is -2.16. The molecule has 6 heteroatoms. The van der Waals surface area contributed by atoms with Crippen molar-refractivity contribution in [2.75, 3.05) is 6.79 Å². The Morgan fingerprint density at radius 2 is 1.78 bits per heavy atom. The van der Waals surface area contributed by atoms with Crippen LogP contribution in [0.15, 0.2) is 54.6 Å². The van der Waals surface area contributed by atoms with E-state index in [1.54, 1.807) is 12.1 Å². The Morgan fingerprint density at radius 1 is 1.00 bits per heavy atom. The normalized spacial score (nSPS) is 15.4. The molecule has 1 aliphatic carbocycles. The van der Waals surface area contributed by atoms with Crippen LogP contribution < -0.4 is 9.47 Å². The van der Waals surface area contributed by atoms with Crippen LogP contribution in [-0.2, 0) is 16.6 Å². The fraction of sp³-hybridized carbons (Fsp3) is 0.231. The number of hydrogen-bond acceptors (Lipinski definition) is 4. The summed E-state index contributed by atoms with van der Waals surface area (Å²) in [6.45, 7) is 2.15. The first-order chi connectivity index (χ1) is 15.4. The van der Waals surface area contributed by atoms with Crippen LogP contribution in [0, 0.1) is 6.92 Å². The third kappa shape index (κ3) is 3.53. The average Bonchev–Trinajstić information content (AvgIpc) is 3.46. The van der Waals surface area contributed by atoms with Crippen molar-refractivity contribution in [3.8, 4) is 22.6 Å². The first-order valence-electron chi connectivity index (χ1n) is 10.4. The van der Waals surface area contributed by atoms with Crippen molar-refractivity contribution in [2.45, 2.75) is 31.6 Å². The minimum absolute atomic E-state index is 0. The second-order valence-corrected chi connectivity index (χ2v) is 8.81. The molecule has 0 saturated heterocycles. The first kappa shape index (κ1) is 20.6. The Hall–Kier alpha value is -3.31. The highest BCUT2D eigenvalue weighted by molar-refractivity contribution is 6.33. The predicted molar refractivity (Wildman–Crippen MR) is 123 cm³/mol. The number of carboxylic acid groups (broad SMARTS) is 1. The van der Waals surface area contributed by atoms with Crippen molar-refractivity contribution >= 4 is 23.4 Å². The molecule has 0 aromatic heterocycles. The number of ketones is 1. The summed E-state index contributed by atoms with van der Waals surface area (Å²) in [5.41, 5.74) is 3.97. The lowest BCUT2D eigenvalue weighted by Crippen LogP contribution is -2.22. The molecule has 5 nitrogen and oxygen atoms in total. The number of carboxylic acids is 1. The summed E-state index contributed by atoms with van der Waals surface area (Å²) in [7, 11) is 0. The summed E-state index contributed by atoms with van der Waals surface area (Å²) in [6.07, 6.45) is 1.92. The summed E-state index contributed by atoms with van der Waals surface area (Å²) in [4.78, 5) is 24.8. The highest BCUT2D eigenvalue weighted by Crippen LogP contribution is 2.51. The van der Waals surface area contributed by atoms with Crippen molar-refractivity contribution in [3.05, 3.63) is 81.9 Å². The van der Waals surface area contributed by atoms with Crippen molar-refractivity contribution < 1.29 is 25.6 Å². The Balaban J connectivity index is 0.00000259. The highest BCUT2D eigenvalue weighted by atomic mass is 35.5. The van der Waals surface area contributed by atoms with Gasteiger partial charge in [0.05, 0.1) is 11.0 Å². The number of benzene rings is 3. The van der Waals surface area contributed by atoms with Gasteiger partial charge in [0, 0.05) is 18.4 Å². The Labute approximate surface area is 192 Å². The van der Waals surface area contributed by atoms with Crippen molar-refractivity contribution in [1.29, 1.82) is 0 Å². The quantitative estimate of drug-likeness (QED) is 0.511. The first-order valence-corrected chi connectivity index (χ1v) is 10.8. The largest absolute Gasteiger partial charge is 0.478 e. The van der Waals surface area contributed by atoms with Crippen LogP contribution in [0.3, 0.4) is 0 Å². The Morgan fingerprint density at radius 3 is 2.53 bits per heavy atom. The standard InChI is InChI=1S/C26H21ClO5.H2/c1-15-2-3-16(10-19(15)20-12-17(25(29)30)4-6-21(20)27)11-24(28)26(8-9-26)18-5-7-22-23(13-18)32-14-31-22;/h2-7,10,12-13H,8-9,11,14H2,1H3,(H,29,30);1H. The van der Waals surface area contributed by atoms with Gasteiger partial charge in [-0.3, -0.25) is 4.79 Å². The van der Waals surface area contributed by atoms with E-state index in [0.29, 0.717) is 22.1 Å². The molecule has 1 aliphatic heterocycles. The molecular formula is C26H23ClO5. The molecule has 32 heavy (non-hydrogen) atoms. The van der Waals surface area contributed by atoms with Crippen LogP contribution in [0.1, 0.15) is 41.3 Å². The van der Waals surface area contributed by atoms with Gasteiger partial charge in [-0.15, -0.1) is 0 Å². The fourth-order valence-electron chi connectivity index (χ4n) is 4.34. The van der Waals surface area contributed by atoms with Gasteiger partial charge in [-0.05, 0) is 72.4 Å². The van der Waals surface area contributed by atoms with Gasteiger partial charge in [0.1, 0.15) is 5.78 Å². The van der Waals surface area contributed by atoms with Crippen LogP contribution in [-0.4, -0.2) is 23.7 Å². The molecule has 1 saturated carbocycles. The minimum Gasteiger partial charge on any atom is -0.478 e. The third-order valence-corrected chi connectivity index (χ3v) is 6.71. The number of fused-ring (bicyclic) bond motifs is 1. The minimum atomic E-state index is -1.01. The van der Waals surface area contributed by atoms with E-state index < -0.39 is 11.4 Å². The zero-order chi connectivity index (χ0) is 22.5. The Bertz CT molecular complexity index is 1270. The van der Waals surface area contributed by atoms with Gasteiger partial charge in [0.2, 0.25) is 6.79 Å². The molecule has 3 aromatic carbocycles. The van der Waals surface area contributed by atoms with Crippen LogP contribution in [0.4, 0.5) is 0 Å². The maximum absolute atomic E-state index is 13.4. The van der Waals surface area contributed by atoms with Crippen molar-refractivity contribution in [3.63, 3.8) is 0 Å². The van der Waals surface area contributed by atoms with Gasteiger partial charge in [-0.2, -0.15) is 0 Å². The van der Waals surface area contributed by atoms with Gasteiger partial charge in [-0.25, -0.2) is 4.79 Å². The number of aryl methyl sites for hydroxylation is 1. The summed E-state index contributed by atoms with van der Waals surface area (Å²) < 4.78 is 10.9. The molecule has 0 bridgehead atoms. The maximum atomic E-state index is 13.4. The second-order valence-electron chi connectivity index (χ2n) is 8.40. The molecular weight excluding hydrogens is 428 g/mol. The van der Waals surface area contributed by atoms with Gasteiger partial charge >= 0.3 is 5.97 Å². The van der Waals surface area contributed by atoms with Gasteiger partial charge < -0.3 is 14.6 Å². The molecule has 0 atom stereocenters. The van der Waals surface area contributed by atoms with E-state index in [1.807, 2.05) is 43.3 Å². The average molecular weight is 451 g/mol. The number of aromatic carboxylic acids is 1. The van der Waals surface area contributed by atoms with Gasteiger partial charge in [-0.1, -0.05) is 35.9 Å². The summed E-state index contributed by atoms with van der Waals surface area (Å²) >= 11 is 6.39. The number of rotatable bonds is 6. The fourth-order valence-corrected chi connectivity index (χ4v) is 4.56. The lowest BCUT2D eigenvalue weighted by molar-refractivity contribution is -0.120. The smallest absolute Gasteiger partial charge is 0.335 e. The zero-order valence-corrected chi connectivity index (χ0v) is 18.2. The molecule has 164 valence electrons. The summed E-state index contributed by atoms with van der Waals surface area (Å²) in [6, 6.07) is 16.2. The third-order valence-electron chi connectivity index (χ3n) is 6.38. The monoisotopic (exact) mass is 450 g/mol. The number of carbonyl (C=O) groups excluding carboxylic acids is 1. The maximum Gasteiger partial charge on any atom is 0.335 e. The summed E-state index contributed by atoms with van der Waals surface area (Å²) in [5, 5.41) is 9.82. The zero-order valence-electron chi connectivity index (χ0n) is 17.5. The van der Waals surface area contributed by atoms with Crippen LogP contribution in [0.25, 0.3) is 11.1 Å². The van der Waals surface area contributed by atoms with E-state index in [2.05, 4.69) is 0 Å². The summed E-state index contributed by atoms with van der Waals surface area (Å²) in [5.74, 6) is 0.552. The Kier molecular flexibility index (Phi) is 4.94. The molecule has 0 spiro atoms. The molecule has 0 radical (unpaired) electrons. The van der Waals surface area contributed by atoms with Crippen LogP contribution in [0.5, 0.6) is 11.5 Å². The van der Waals surface area contributed by atoms with E-state index in [9.17, 15) is 14.7 Å². The number of halogens is 1. The number of Topliss-reactive ketones (excluding diaryl/α,β-unsaturated/α-hetero) is 1. The molecule has 5 rings (SSSR count). The van der Waals surface area contributed by atoms with E-state index >= 15 is 0 Å². The van der Waals surface area contributed by atoms with Crippen LogP contribution >= 0.6 is 11.6 Å². The molecule has 1 N–H and O–H groups in total. The van der Waals surface area contributed by atoms with E-state index in [0.717, 1.165) is 35.1 Å². The van der Waals surface area contributed by atoms with Gasteiger partial charge in [0.15, 0.2) is 11.5 Å². The van der Waals surface area contributed by atoms with E-state index in [-0.39, 0.29) is 26.0 Å². The van der Waals surface area contributed by atoms with Gasteiger partial charge in [0.25, 0.3) is 0 Å². The van der Waals surface area contributed by atoms with Crippen LogP contribution in [0.2, 0.25) is 5.02 Å². The van der Waals surface area contributed by atoms with E-state index in [1.165, 1.54) is 6.07 Å². The molecule has 1 heterocycles. The number of ether oxygens (including phenoxy) is 2. The molecule has 3 aromatic rings. The highest BCUT2D eigenvalue weighted by Gasteiger charge is 2.50.